The first-order valence-corrected chi connectivity index (χ1v) is 8.14. The monoisotopic (exact) mass is 313 g/mol. The summed E-state index contributed by atoms with van der Waals surface area (Å²) < 4.78 is 6.18. The molecule has 1 saturated heterocycles. The van der Waals surface area contributed by atoms with E-state index in [-0.39, 0.29) is 11.9 Å². The molecule has 1 aliphatic heterocycles. The van der Waals surface area contributed by atoms with Gasteiger partial charge >= 0.3 is 0 Å². The summed E-state index contributed by atoms with van der Waals surface area (Å²) in [4.78, 5) is 19.2. The average Bonchev–Trinajstić information content (AvgIpc) is 3.24. The van der Waals surface area contributed by atoms with Crippen molar-refractivity contribution in [2.75, 3.05) is 6.54 Å². The summed E-state index contributed by atoms with van der Waals surface area (Å²) in [5.41, 5.74) is 1.38. The number of aromatic nitrogens is 2. The zero-order valence-electron chi connectivity index (χ0n) is 12.2. The minimum Gasteiger partial charge on any atom is -0.361 e. The molecule has 0 bridgehead atoms. The molecule has 1 unspecified atom stereocenters. The molecule has 112 valence electrons. The van der Waals surface area contributed by atoms with Crippen LogP contribution in [0.5, 0.6) is 0 Å². The normalized spacial score (nSPS) is 18.2. The van der Waals surface area contributed by atoms with Gasteiger partial charge in [-0.2, -0.15) is 0 Å². The van der Waals surface area contributed by atoms with Gasteiger partial charge < -0.3 is 9.42 Å². The van der Waals surface area contributed by atoms with Crippen molar-refractivity contribution in [2.45, 2.75) is 25.8 Å². The molecule has 5 nitrogen and oxygen atoms in total. The number of likely N-dealkylation sites (tertiary alicyclic amines) is 1. The predicted molar refractivity (Wildman–Crippen MR) is 83.9 cm³/mol. The van der Waals surface area contributed by atoms with Crippen LogP contribution in [-0.4, -0.2) is 27.5 Å². The molecule has 1 aromatic carbocycles. The van der Waals surface area contributed by atoms with Crippen molar-refractivity contribution in [3.05, 3.63) is 46.8 Å². The molecular formula is C16H15N3O2S. The lowest BCUT2D eigenvalue weighted by Gasteiger charge is -2.21. The number of carbonyl (C=O) groups excluding carboxylic acids is 1. The van der Waals surface area contributed by atoms with E-state index in [9.17, 15) is 4.79 Å². The van der Waals surface area contributed by atoms with E-state index >= 15 is 0 Å². The number of hydrogen-bond donors (Lipinski definition) is 0. The standard InChI is InChI=1S/C16H15N3O2S/c1-10-9-12(18-21-10)16(20)19-8-4-6-13(19)15-17-11-5-2-3-7-14(11)22-15/h2-3,5,7,9,13H,4,6,8H2,1H3. The van der Waals surface area contributed by atoms with Gasteiger partial charge in [0.1, 0.15) is 10.8 Å². The van der Waals surface area contributed by atoms with E-state index in [0.29, 0.717) is 11.5 Å². The lowest BCUT2D eigenvalue weighted by Crippen LogP contribution is -2.30. The number of rotatable bonds is 2. The van der Waals surface area contributed by atoms with Crippen LogP contribution in [0.3, 0.4) is 0 Å². The lowest BCUT2D eigenvalue weighted by molar-refractivity contribution is 0.0725. The Kier molecular flexibility index (Phi) is 3.18. The van der Waals surface area contributed by atoms with Gasteiger partial charge in [-0.15, -0.1) is 11.3 Å². The van der Waals surface area contributed by atoms with Crippen LogP contribution in [0.2, 0.25) is 0 Å². The van der Waals surface area contributed by atoms with E-state index in [1.54, 1.807) is 24.3 Å². The van der Waals surface area contributed by atoms with E-state index in [2.05, 4.69) is 11.2 Å². The Bertz CT molecular complexity index is 806. The molecule has 6 heteroatoms. The van der Waals surface area contributed by atoms with Gasteiger partial charge in [-0.3, -0.25) is 4.79 Å². The number of thiazole rings is 1. The summed E-state index contributed by atoms with van der Waals surface area (Å²) in [7, 11) is 0. The van der Waals surface area contributed by atoms with Crippen LogP contribution in [0.4, 0.5) is 0 Å². The van der Waals surface area contributed by atoms with Crippen LogP contribution < -0.4 is 0 Å². The summed E-state index contributed by atoms with van der Waals surface area (Å²) in [6.07, 6.45) is 1.94. The maximum Gasteiger partial charge on any atom is 0.276 e. The van der Waals surface area contributed by atoms with Gasteiger partial charge in [-0.25, -0.2) is 4.98 Å². The number of hydrogen-bond acceptors (Lipinski definition) is 5. The third kappa shape index (κ3) is 2.20. The van der Waals surface area contributed by atoms with Crippen LogP contribution in [0.25, 0.3) is 10.2 Å². The third-order valence-electron chi connectivity index (χ3n) is 3.96. The molecule has 22 heavy (non-hydrogen) atoms. The molecule has 0 radical (unpaired) electrons. The van der Waals surface area contributed by atoms with Crippen molar-refractivity contribution in [1.82, 2.24) is 15.0 Å². The molecule has 0 spiro atoms. The van der Waals surface area contributed by atoms with Crippen LogP contribution in [0.1, 0.15) is 40.1 Å². The van der Waals surface area contributed by atoms with Gasteiger partial charge in [0.2, 0.25) is 0 Å². The predicted octanol–water partition coefficient (Wildman–Crippen LogP) is 3.57. The molecule has 3 aromatic rings. The highest BCUT2D eigenvalue weighted by atomic mass is 32.1. The van der Waals surface area contributed by atoms with E-state index in [1.165, 1.54) is 0 Å². The summed E-state index contributed by atoms with van der Waals surface area (Å²) in [6, 6.07) is 9.81. The van der Waals surface area contributed by atoms with Crippen molar-refractivity contribution in [1.29, 1.82) is 0 Å². The Morgan fingerprint density at radius 2 is 2.27 bits per heavy atom. The van der Waals surface area contributed by atoms with Gasteiger partial charge in [-0.1, -0.05) is 17.3 Å². The summed E-state index contributed by atoms with van der Waals surface area (Å²) in [5.74, 6) is 0.581. The molecule has 2 aromatic heterocycles. The number of para-hydroxylation sites is 1. The van der Waals surface area contributed by atoms with Crippen molar-refractivity contribution in [2.24, 2.45) is 0 Å². The molecule has 4 rings (SSSR count). The molecule has 1 fully saturated rings. The maximum absolute atomic E-state index is 12.6. The van der Waals surface area contributed by atoms with Crippen LogP contribution in [0.15, 0.2) is 34.9 Å². The second-order valence-electron chi connectivity index (χ2n) is 5.50. The quantitative estimate of drug-likeness (QED) is 0.725. The SMILES string of the molecule is Cc1cc(C(=O)N2CCCC2c2nc3ccccc3s2)no1. The molecule has 0 N–H and O–H groups in total. The number of amides is 1. The second kappa shape index (κ2) is 5.21. The fraction of sp³-hybridized carbons (Fsp3) is 0.312. The van der Waals surface area contributed by atoms with Crippen LogP contribution in [0, 0.1) is 6.92 Å². The largest absolute Gasteiger partial charge is 0.361 e. The minimum atomic E-state index is -0.0707. The van der Waals surface area contributed by atoms with Crippen molar-refractivity contribution >= 4 is 27.5 Å². The Balaban J connectivity index is 1.67. The number of nitrogens with zero attached hydrogens (tertiary/aromatic N) is 3. The van der Waals surface area contributed by atoms with Gasteiger partial charge in [0.05, 0.1) is 16.3 Å². The second-order valence-corrected chi connectivity index (χ2v) is 6.56. The highest BCUT2D eigenvalue weighted by Gasteiger charge is 2.33. The molecular weight excluding hydrogens is 298 g/mol. The van der Waals surface area contributed by atoms with E-state index in [1.807, 2.05) is 23.1 Å². The smallest absolute Gasteiger partial charge is 0.276 e. The summed E-state index contributed by atoms with van der Waals surface area (Å²) >= 11 is 1.67. The fourth-order valence-electron chi connectivity index (χ4n) is 2.91. The highest BCUT2D eigenvalue weighted by molar-refractivity contribution is 7.18. The molecule has 1 atom stereocenters. The Morgan fingerprint density at radius 1 is 1.41 bits per heavy atom. The van der Waals surface area contributed by atoms with Crippen LogP contribution >= 0.6 is 11.3 Å². The zero-order valence-corrected chi connectivity index (χ0v) is 13.0. The van der Waals surface area contributed by atoms with Gasteiger partial charge in [0, 0.05) is 12.6 Å². The first-order valence-electron chi connectivity index (χ1n) is 7.32. The first kappa shape index (κ1) is 13.5. The number of benzene rings is 1. The summed E-state index contributed by atoms with van der Waals surface area (Å²) in [5, 5.41) is 4.85. The Morgan fingerprint density at radius 3 is 3.05 bits per heavy atom. The zero-order chi connectivity index (χ0) is 15.1. The van der Waals surface area contributed by atoms with Crippen molar-refractivity contribution in [3.63, 3.8) is 0 Å². The van der Waals surface area contributed by atoms with Gasteiger partial charge in [0.25, 0.3) is 5.91 Å². The minimum absolute atomic E-state index is 0.0434. The first-order chi connectivity index (χ1) is 10.7. The molecule has 1 aliphatic rings. The highest BCUT2D eigenvalue weighted by Crippen LogP contribution is 2.37. The lowest BCUT2D eigenvalue weighted by atomic mass is 10.2. The van der Waals surface area contributed by atoms with Crippen molar-refractivity contribution < 1.29 is 9.32 Å². The molecule has 0 aliphatic carbocycles. The Labute approximate surface area is 131 Å². The number of fused-ring (bicyclic) bond motifs is 1. The summed E-state index contributed by atoms with van der Waals surface area (Å²) in [6.45, 7) is 2.53. The van der Waals surface area contributed by atoms with E-state index < -0.39 is 0 Å². The fourth-order valence-corrected chi connectivity index (χ4v) is 4.03. The topological polar surface area (TPSA) is 59.2 Å². The molecule has 0 saturated carbocycles. The van der Waals surface area contributed by atoms with Crippen molar-refractivity contribution in [3.8, 4) is 0 Å². The third-order valence-corrected chi connectivity index (χ3v) is 5.09. The van der Waals surface area contributed by atoms with Gasteiger partial charge in [-0.05, 0) is 31.9 Å². The average molecular weight is 313 g/mol. The van der Waals surface area contributed by atoms with Gasteiger partial charge in [0.15, 0.2) is 5.69 Å². The molecule has 1 amide bonds. The molecule has 3 heterocycles. The van der Waals surface area contributed by atoms with Crippen LogP contribution in [-0.2, 0) is 0 Å². The van der Waals surface area contributed by atoms with E-state index in [0.717, 1.165) is 34.6 Å². The van der Waals surface area contributed by atoms with E-state index in [4.69, 9.17) is 9.51 Å². The number of carbonyl (C=O) groups is 1. The Hall–Kier alpha value is -2.21. The number of aryl methyl sites for hydroxylation is 1. The maximum atomic E-state index is 12.6.